The standard InChI is InChI=1S/C22H26ClNO4S.C15H15Cl2NS.C7H12O4.C2H6O.Na.H/c1-3-27-21(25)17(22(26)28-4-2)13-19(16-7-5-6-8-18(16)23)24-11-9-20-15(14-24)10-12-29-20;16-9-14(12-3-1-2-4-13(12)17)18-7-5-15-11(10-18)6-8-19-15;1-3-10-6(8)5-7(9)11-4-2;1-2-3;;/h5-8,10,12,17,19H,3-4,9,11,13-14H2,1-2H3;1-4,6,8,14H,5,7,9-10H2;3-5H2,1-2H3;3H,2H2,1H3;;/q;;;;+1;-1. The minimum absolute atomic E-state index is 0. The number of carbonyl (C=O) groups is 4. The summed E-state index contributed by atoms with van der Waals surface area (Å²) in [6.45, 7) is 13.4. The first-order valence-electron chi connectivity index (χ1n) is 20.8. The number of rotatable bonds is 15. The van der Waals surface area contributed by atoms with E-state index in [9.17, 15) is 19.2 Å². The van der Waals surface area contributed by atoms with E-state index in [0.717, 1.165) is 55.2 Å². The van der Waals surface area contributed by atoms with Crippen LogP contribution in [0.4, 0.5) is 0 Å². The Morgan fingerprint density at radius 1 is 0.667 bits per heavy atom. The van der Waals surface area contributed by atoms with Crippen LogP contribution < -0.4 is 29.6 Å². The maximum Gasteiger partial charge on any atom is 1.00 e. The molecule has 17 heteroatoms. The van der Waals surface area contributed by atoms with Crippen molar-refractivity contribution in [3.63, 3.8) is 0 Å². The fraction of sp³-hybridized carbons (Fsp3) is 0.478. The number of hydrogen-bond acceptors (Lipinski definition) is 13. The Morgan fingerprint density at radius 3 is 1.46 bits per heavy atom. The van der Waals surface area contributed by atoms with E-state index in [1.807, 2.05) is 53.8 Å². The fourth-order valence-electron chi connectivity index (χ4n) is 6.95. The molecule has 2 aromatic carbocycles. The number of halogens is 3. The van der Waals surface area contributed by atoms with Gasteiger partial charge in [-0.05, 0) is 111 Å². The number of fused-ring (bicyclic) bond motifs is 2. The molecule has 0 spiro atoms. The number of aliphatic hydroxyl groups excluding tert-OH is 1. The second-order valence-corrected chi connectivity index (χ2v) is 16.9. The van der Waals surface area contributed by atoms with Crippen LogP contribution in [0.2, 0.25) is 10.0 Å². The second-order valence-electron chi connectivity index (χ2n) is 13.8. The third-order valence-corrected chi connectivity index (χ3v) is 12.8. The molecular formula is C46H60Cl3N2NaO9S2. The summed E-state index contributed by atoms with van der Waals surface area (Å²) in [5.41, 5.74) is 4.78. The summed E-state index contributed by atoms with van der Waals surface area (Å²) in [5, 5.41) is 13.3. The Kier molecular flexibility index (Phi) is 28.2. The van der Waals surface area contributed by atoms with E-state index < -0.39 is 29.8 Å². The number of aliphatic hydroxyl groups is 1. The Balaban J connectivity index is 0.000000504. The zero-order valence-electron chi connectivity index (χ0n) is 38.1. The first kappa shape index (κ1) is 56.6. The average molecular weight is 978 g/mol. The van der Waals surface area contributed by atoms with Crippen LogP contribution in [0, 0.1) is 5.92 Å². The molecule has 2 aliphatic rings. The van der Waals surface area contributed by atoms with Crippen LogP contribution in [-0.2, 0) is 64.1 Å². The molecule has 2 atom stereocenters. The number of carbonyl (C=O) groups excluding carboxylic acids is 4. The van der Waals surface area contributed by atoms with Crippen LogP contribution in [0.15, 0.2) is 71.4 Å². The van der Waals surface area contributed by atoms with Gasteiger partial charge in [-0.1, -0.05) is 59.6 Å². The van der Waals surface area contributed by atoms with Crippen LogP contribution in [0.5, 0.6) is 0 Å². The van der Waals surface area contributed by atoms with Crippen molar-refractivity contribution in [3.05, 3.63) is 113 Å². The third-order valence-electron chi connectivity index (χ3n) is 9.73. The molecule has 2 unspecified atom stereocenters. The number of ether oxygens (including phenoxy) is 4. The van der Waals surface area contributed by atoms with Gasteiger partial charge in [0.1, 0.15) is 6.42 Å². The molecule has 11 nitrogen and oxygen atoms in total. The molecule has 0 aliphatic carbocycles. The van der Waals surface area contributed by atoms with Crippen molar-refractivity contribution in [1.29, 1.82) is 0 Å². The summed E-state index contributed by atoms with van der Waals surface area (Å²) in [5.74, 6) is -2.58. The minimum atomic E-state index is -0.986. The van der Waals surface area contributed by atoms with Gasteiger partial charge in [0.25, 0.3) is 0 Å². The Bertz CT molecular complexity index is 1960. The van der Waals surface area contributed by atoms with E-state index in [4.69, 9.17) is 49.4 Å². The number of thiophene rings is 2. The number of nitrogens with zero attached hydrogens (tertiary/aromatic N) is 2. The van der Waals surface area contributed by atoms with Crippen molar-refractivity contribution >= 4 is 81.4 Å². The van der Waals surface area contributed by atoms with Crippen LogP contribution in [-0.4, -0.2) is 90.8 Å². The molecule has 2 aliphatic heterocycles. The molecule has 4 heterocycles. The molecule has 342 valence electrons. The maximum atomic E-state index is 12.6. The zero-order chi connectivity index (χ0) is 45.4. The molecule has 0 radical (unpaired) electrons. The summed E-state index contributed by atoms with van der Waals surface area (Å²) >= 11 is 22.7. The summed E-state index contributed by atoms with van der Waals surface area (Å²) in [4.78, 5) is 54.0. The van der Waals surface area contributed by atoms with Crippen molar-refractivity contribution < 1.29 is 74.2 Å². The SMILES string of the molecule is CCO.CCOC(=O)C(CC(c1ccccc1Cl)N1CCc2sccc2C1)C(=O)OCC.CCOC(=O)CC(=O)OCC.ClCC(c1ccccc1Cl)N1CCc2sccc2C1.[H-].[Na+]. The van der Waals surface area contributed by atoms with Gasteiger partial charge in [-0.2, -0.15) is 0 Å². The number of esters is 4. The second kappa shape index (κ2) is 31.4. The Hall–Kier alpha value is -2.53. The molecule has 2 aromatic heterocycles. The molecule has 0 amide bonds. The van der Waals surface area contributed by atoms with E-state index in [2.05, 4.69) is 48.2 Å². The average Bonchev–Trinajstić information content (AvgIpc) is 3.93. The van der Waals surface area contributed by atoms with E-state index in [-0.39, 0.29) is 88.9 Å². The summed E-state index contributed by atoms with van der Waals surface area (Å²) in [6, 6.07) is 20.0. The normalized spacial score (nSPS) is 13.9. The minimum Gasteiger partial charge on any atom is -1.00 e. The Labute approximate surface area is 419 Å². The van der Waals surface area contributed by atoms with Crippen molar-refractivity contribution in [2.24, 2.45) is 5.92 Å². The third kappa shape index (κ3) is 18.3. The first-order chi connectivity index (χ1) is 30.0. The van der Waals surface area contributed by atoms with Gasteiger partial charge in [-0.25, -0.2) is 0 Å². The summed E-state index contributed by atoms with van der Waals surface area (Å²) in [6.07, 6.45) is 2.03. The smallest absolute Gasteiger partial charge is 1.00 e. The van der Waals surface area contributed by atoms with E-state index in [1.54, 1.807) is 46.0 Å². The molecule has 4 aromatic rings. The van der Waals surface area contributed by atoms with Gasteiger partial charge in [-0.15, -0.1) is 34.3 Å². The van der Waals surface area contributed by atoms with Crippen LogP contribution in [0.3, 0.4) is 0 Å². The zero-order valence-corrected chi connectivity index (χ0v) is 43.0. The van der Waals surface area contributed by atoms with Crippen LogP contribution in [0.25, 0.3) is 0 Å². The van der Waals surface area contributed by atoms with E-state index >= 15 is 0 Å². The molecule has 0 saturated carbocycles. The van der Waals surface area contributed by atoms with Crippen molar-refractivity contribution in [1.82, 2.24) is 9.80 Å². The number of alkyl halides is 1. The topological polar surface area (TPSA) is 132 Å². The van der Waals surface area contributed by atoms with Crippen LogP contribution in [0.1, 0.15) is 93.0 Å². The summed E-state index contributed by atoms with van der Waals surface area (Å²) < 4.78 is 19.4. The molecule has 6 rings (SSSR count). The predicted octanol–water partition coefficient (Wildman–Crippen LogP) is 6.99. The van der Waals surface area contributed by atoms with E-state index in [1.165, 1.54) is 20.9 Å². The van der Waals surface area contributed by atoms with Crippen molar-refractivity contribution in [2.75, 3.05) is 52.0 Å². The van der Waals surface area contributed by atoms with Gasteiger partial charge in [0, 0.05) is 64.5 Å². The largest absolute Gasteiger partial charge is 1.00 e. The Morgan fingerprint density at radius 2 is 1.06 bits per heavy atom. The quantitative estimate of drug-likeness (QED) is 0.0435. The van der Waals surface area contributed by atoms with Gasteiger partial charge in [0.15, 0.2) is 5.92 Å². The number of benzene rings is 2. The first-order valence-corrected chi connectivity index (χ1v) is 23.9. The van der Waals surface area contributed by atoms with Gasteiger partial charge >= 0.3 is 53.4 Å². The molecule has 0 saturated heterocycles. The van der Waals surface area contributed by atoms with Gasteiger partial charge in [-0.3, -0.25) is 29.0 Å². The summed E-state index contributed by atoms with van der Waals surface area (Å²) in [7, 11) is 0. The predicted molar refractivity (Wildman–Crippen MR) is 249 cm³/mol. The number of hydrogen-bond donors (Lipinski definition) is 1. The van der Waals surface area contributed by atoms with Crippen molar-refractivity contribution in [2.45, 2.75) is 85.5 Å². The molecule has 0 fully saturated rings. The van der Waals surface area contributed by atoms with Gasteiger partial charge in [0.05, 0.1) is 32.5 Å². The maximum absolute atomic E-state index is 12.6. The molecule has 63 heavy (non-hydrogen) atoms. The van der Waals surface area contributed by atoms with E-state index in [0.29, 0.717) is 10.9 Å². The molecule has 1 N–H and O–H groups in total. The van der Waals surface area contributed by atoms with Crippen LogP contribution >= 0.6 is 57.5 Å². The van der Waals surface area contributed by atoms with Crippen molar-refractivity contribution in [3.8, 4) is 0 Å². The monoisotopic (exact) mass is 976 g/mol. The fourth-order valence-corrected chi connectivity index (χ4v) is 9.62. The van der Waals surface area contributed by atoms with Gasteiger partial charge < -0.3 is 25.5 Å². The molecular weight excluding hydrogens is 918 g/mol. The molecule has 0 bridgehead atoms. The van der Waals surface area contributed by atoms with Gasteiger partial charge in [0.2, 0.25) is 0 Å².